The minimum absolute atomic E-state index is 0.141. The van der Waals surface area contributed by atoms with Crippen LogP contribution in [0.5, 0.6) is 5.75 Å². The Morgan fingerprint density at radius 1 is 0.914 bits per heavy atom. The van der Waals surface area contributed by atoms with Crippen LogP contribution >= 0.6 is 0 Å². The Morgan fingerprint density at radius 2 is 1.63 bits per heavy atom. The normalized spacial score (nSPS) is 15.5. The van der Waals surface area contributed by atoms with E-state index in [1.807, 2.05) is 36.4 Å². The van der Waals surface area contributed by atoms with Crippen molar-refractivity contribution in [2.75, 3.05) is 33.3 Å². The van der Waals surface area contributed by atoms with E-state index >= 15 is 0 Å². The highest BCUT2D eigenvalue weighted by Crippen LogP contribution is 2.28. The Kier molecular flexibility index (Phi) is 6.55. The van der Waals surface area contributed by atoms with Crippen LogP contribution in [-0.4, -0.2) is 60.5 Å². The molecule has 5 rings (SSSR count). The van der Waals surface area contributed by atoms with Gasteiger partial charge in [-0.05, 0) is 35.9 Å². The predicted molar refractivity (Wildman–Crippen MR) is 132 cm³/mol. The number of sulfonamides is 1. The van der Waals surface area contributed by atoms with E-state index in [0.29, 0.717) is 39.3 Å². The number of rotatable bonds is 7. The first kappa shape index (κ1) is 23.5. The molecule has 0 amide bonds. The number of methoxy groups -OCH3 is 1. The van der Waals surface area contributed by atoms with Crippen molar-refractivity contribution in [3.05, 3.63) is 90.0 Å². The molecule has 0 spiro atoms. The third-order valence-corrected chi connectivity index (χ3v) is 8.28. The van der Waals surface area contributed by atoms with Gasteiger partial charge in [0.1, 0.15) is 22.3 Å². The first-order valence-electron chi connectivity index (χ1n) is 11.5. The van der Waals surface area contributed by atoms with Crippen LogP contribution in [0, 0.1) is 5.82 Å². The number of aromatic nitrogens is 2. The van der Waals surface area contributed by atoms with Crippen molar-refractivity contribution in [3.63, 3.8) is 0 Å². The zero-order valence-electron chi connectivity index (χ0n) is 19.5. The van der Waals surface area contributed by atoms with E-state index < -0.39 is 15.8 Å². The van der Waals surface area contributed by atoms with E-state index in [4.69, 9.17) is 9.72 Å². The van der Waals surface area contributed by atoms with Gasteiger partial charge in [-0.25, -0.2) is 17.8 Å². The molecule has 1 aliphatic rings. The van der Waals surface area contributed by atoms with Crippen LogP contribution in [0.15, 0.2) is 77.7 Å². The molecule has 1 aromatic heterocycles. The lowest BCUT2D eigenvalue weighted by atomic mass is 10.2. The second-order valence-electron chi connectivity index (χ2n) is 8.56. The summed E-state index contributed by atoms with van der Waals surface area (Å²) in [7, 11) is -2.49. The number of para-hydroxylation sites is 2. The Labute approximate surface area is 204 Å². The molecule has 0 N–H and O–H groups in total. The molecule has 0 saturated carbocycles. The first-order chi connectivity index (χ1) is 17.0. The van der Waals surface area contributed by atoms with Gasteiger partial charge in [-0.3, -0.25) is 4.90 Å². The van der Waals surface area contributed by atoms with E-state index in [0.717, 1.165) is 22.9 Å². The van der Waals surface area contributed by atoms with Crippen molar-refractivity contribution >= 4 is 21.1 Å². The fourth-order valence-electron chi connectivity index (χ4n) is 4.51. The number of halogens is 1. The third kappa shape index (κ3) is 4.80. The Morgan fingerprint density at radius 3 is 2.37 bits per heavy atom. The van der Waals surface area contributed by atoms with Gasteiger partial charge in [0.05, 0.1) is 24.7 Å². The number of piperazine rings is 1. The van der Waals surface area contributed by atoms with Crippen LogP contribution < -0.4 is 4.74 Å². The fourth-order valence-corrected chi connectivity index (χ4v) is 6.10. The molecule has 0 bridgehead atoms. The summed E-state index contributed by atoms with van der Waals surface area (Å²) in [5.41, 5.74) is 3.21. The summed E-state index contributed by atoms with van der Waals surface area (Å²) in [5.74, 6) is 0.474. The molecule has 182 valence electrons. The molecule has 3 aromatic carbocycles. The van der Waals surface area contributed by atoms with Crippen LogP contribution in [0.4, 0.5) is 4.39 Å². The summed E-state index contributed by atoms with van der Waals surface area (Å²) >= 11 is 0. The smallest absolute Gasteiger partial charge is 0.246 e. The number of hydrogen-bond acceptors (Lipinski definition) is 5. The lowest BCUT2D eigenvalue weighted by Crippen LogP contribution is -2.48. The average molecular weight is 495 g/mol. The standard InChI is InChI=1S/C26H27FN4O3S/c1-34-24-12-11-21(27)17-25(24)35(32,33)30-15-13-29(14-16-30)19-26-28-22-9-5-6-10-23(22)31(26)18-20-7-3-2-4-8-20/h2-12,17H,13-16,18-19H2,1H3. The van der Waals surface area contributed by atoms with Gasteiger partial charge in [0.15, 0.2) is 0 Å². The second-order valence-corrected chi connectivity index (χ2v) is 10.5. The van der Waals surface area contributed by atoms with Crippen molar-refractivity contribution in [1.29, 1.82) is 0 Å². The van der Waals surface area contributed by atoms with Crippen molar-refractivity contribution in [3.8, 4) is 5.75 Å². The van der Waals surface area contributed by atoms with Crippen LogP contribution in [0.25, 0.3) is 11.0 Å². The number of imidazole rings is 1. The number of fused-ring (bicyclic) bond motifs is 1. The molecule has 0 aliphatic carbocycles. The van der Waals surface area contributed by atoms with Crippen molar-refractivity contribution < 1.29 is 17.5 Å². The maximum absolute atomic E-state index is 13.8. The lowest BCUT2D eigenvalue weighted by Gasteiger charge is -2.34. The zero-order valence-corrected chi connectivity index (χ0v) is 20.3. The van der Waals surface area contributed by atoms with E-state index in [9.17, 15) is 12.8 Å². The predicted octanol–water partition coefficient (Wildman–Crippen LogP) is 3.74. The number of nitrogens with zero attached hydrogens (tertiary/aromatic N) is 4. The van der Waals surface area contributed by atoms with E-state index in [1.165, 1.54) is 29.1 Å². The van der Waals surface area contributed by atoms with Crippen molar-refractivity contribution in [1.82, 2.24) is 18.8 Å². The molecule has 1 saturated heterocycles. The van der Waals surface area contributed by atoms with Crippen LogP contribution in [0.3, 0.4) is 0 Å². The highest BCUT2D eigenvalue weighted by molar-refractivity contribution is 7.89. The summed E-state index contributed by atoms with van der Waals surface area (Å²) in [6, 6.07) is 21.9. The number of benzene rings is 3. The molecule has 0 atom stereocenters. The Balaban J connectivity index is 1.34. The maximum atomic E-state index is 13.8. The van der Waals surface area contributed by atoms with Gasteiger partial charge in [-0.15, -0.1) is 0 Å². The van der Waals surface area contributed by atoms with Gasteiger partial charge in [0.25, 0.3) is 0 Å². The number of ether oxygens (including phenoxy) is 1. The quantitative estimate of drug-likeness (QED) is 0.392. The van der Waals surface area contributed by atoms with Crippen LogP contribution in [-0.2, 0) is 23.1 Å². The highest BCUT2D eigenvalue weighted by Gasteiger charge is 2.31. The van der Waals surface area contributed by atoms with Gasteiger partial charge < -0.3 is 9.30 Å². The molecule has 35 heavy (non-hydrogen) atoms. The topological polar surface area (TPSA) is 67.7 Å². The molecule has 7 nitrogen and oxygen atoms in total. The SMILES string of the molecule is COc1ccc(F)cc1S(=O)(=O)N1CCN(Cc2nc3ccccc3n2Cc2ccccc2)CC1. The molecule has 4 aromatic rings. The average Bonchev–Trinajstić information content (AvgIpc) is 3.21. The third-order valence-electron chi connectivity index (χ3n) is 6.36. The second kappa shape index (κ2) is 9.77. The molecule has 1 fully saturated rings. The largest absolute Gasteiger partial charge is 0.495 e. The van der Waals surface area contributed by atoms with E-state index in [1.54, 1.807) is 0 Å². The van der Waals surface area contributed by atoms with Crippen molar-refractivity contribution in [2.24, 2.45) is 0 Å². The molecular formula is C26H27FN4O3S. The highest BCUT2D eigenvalue weighted by atomic mass is 32.2. The number of hydrogen-bond donors (Lipinski definition) is 0. The van der Waals surface area contributed by atoms with E-state index in [2.05, 4.69) is 27.7 Å². The minimum atomic E-state index is -3.87. The zero-order chi connectivity index (χ0) is 24.4. The fraction of sp³-hybridized carbons (Fsp3) is 0.269. The lowest BCUT2D eigenvalue weighted by molar-refractivity contribution is 0.176. The summed E-state index contributed by atoms with van der Waals surface area (Å²) < 4.78 is 49.0. The molecule has 2 heterocycles. The van der Waals surface area contributed by atoms with Gasteiger partial charge in [0.2, 0.25) is 10.0 Å². The van der Waals surface area contributed by atoms with Crippen LogP contribution in [0.2, 0.25) is 0 Å². The van der Waals surface area contributed by atoms with Gasteiger partial charge in [-0.1, -0.05) is 42.5 Å². The first-order valence-corrected chi connectivity index (χ1v) is 12.9. The minimum Gasteiger partial charge on any atom is -0.495 e. The summed E-state index contributed by atoms with van der Waals surface area (Å²) in [6.07, 6.45) is 0. The Bertz CT molecular complexity index is 1430. The van der Waals surface area contributed by atoms with Gasteiger partial charge in [0, 0.05) is 32.7 Å². The van der Waals surface area contributed by atoms with Crippen LogP contribution in [0.1, 0.15) is 11.4 Å². The van der Waals surface area contributed by atoms with Gasteiger partial charge >= 0.3 is 0 Å². The summed E-state index contributed by atoms with van der Waals surface area (Å²) in [4.78, 5) is 6.95. The van der Waals surface area contributed by atoms with E-state index in [-0.39, 0.29) is 10.6 Å². The summed E-state index contributed by atoms with van der Waals surface area (Å²) in [5, 5.41) is 0. The molecular weight excluding hydrogens is 467 g/mol. The maximum Gasteiger partial charge on any atom is 0.246 e. The van der Waals surface area contributed by atoms with Crippen molar-refractivity contribution in [2.45, 2.75) is 18.0 Å². The monoisotopic (exact) mass is 494 g/mol. The van der Waals surface area contributed by atoms with Gasteiger partial charge in [-0.2, -0.15) is 4.31 Å². The molecule has 1 aliphatic heterocycles. The molecule has 9 heteroatoms. The Hall–Kier alpha value is -3.27. The molecule has 0 radical (unpaired) electrons. The summed E-state index contributed by atoms with van der Waals surface area (Å²) in [6.45, 7) is 3.03. The molecule has 0 unspecified atom stereocenters.